The Morgan fingerprint density at radius 1 is 1.16 bits per heavy atom. The van der Waals surface area contributed by atoms with Crippen LogP contribution in [0.1, 0.15) is 38.1 Å². The summed E-state index contributed by atoms with van der Waals surface area (Å²) in [5.74, 6) is 2.54. The molecule has 0 aromatic carbocycles. The number of aliphatic hydroxyl groups is 1. The van der Waals surface area contributed by atoms with Crippen molar-refractivity contribution in [1.82, 2.24) is 29.5 Å². The average Bonchev–Trinajstić information content (AvgIpc) is 3.27. The summed E-state index contributed by atoms with van der Waals surface area (Å²) in [5.41, 5.74) is 1.09. The monoisotopic (exact) mass is 518 g/mol. The van der Waals surface area contributed by atoms with E-state index in [0.717, 1.165) is 37.4 Å². The number of rotatable bonds is 7. The Kier molecular flexibility index (Phi) is 6.78. The van der Waals surface area contributed by atoms with E-state index >= 15 is 0 Å². The number of nitrogens with zero attached hydrogens (tertiary/aromatic N) is 8. The fraction of sp³-hybridized carbons (Fsp3) is 0.360. The van der Waals surface area contributed by atoms with Gasteiger partial charge in [0.05, 0.1) is 17.4 Å². The van der Waals surface area contributed by atoms with Crippen LogP contribution in [0.5, 0.6) is 0 Å². The van der Waals surface area contributed by atoms with Gasteiger partial charge in [-0.05, 0) is 44.9 Å². The molecule has 4 aromatic heterocycles. The van der Waals surface area contributed by atoms with E-state index in [1.165, 1.54) is 0 Å². The molecule has 1 aliphatic rings. The minimum Gasteiger partial charge on any atom is -0.390 e. The zero-order valence-electron chi connectivity index (χ0n) is 20.6. The van der Waals surface area contributed by atoms with E-state index in [-0.39, 0.29) is 6.04 Å². The molecule has 1 saturated heterocycles. The van der Waals surface area contributed by atoms with Crippen LogP contribution in [0.4, 0.5) is 23.3 Å². The predicted molar refractivity (Wildman–Crippen MR) is 141 cm³/mol. The number of halogens is 1. The van der Waals surface area contributed by atoms with Crippen molar-refractivity contribution in [3.8, 4) is 6.07 Å². The lowest BCUT2D eigenvalue weighted by Crippen LogP contribution is -2.39. The minimum atomic E-state index is -0.877. The maximum absolute atomic E-state index is 10.1. The van der Waals surface area contributed by atoms with E-state index in [2.05, 4.69) is 46.8 Å². The standard InChI is InChI=1S/C25H27ClN10O/c1-25(2,37)12-22-34-33-21-11-18(7-10-36(21)22)31-24-29-15-19(26)23(32-24)30-17-5-8-35(9-6-17)20-4-3-16(13-27)14-28-20/h3-4,7,10-11,14-15,17,37H,5-6,8-9,12H2,1-2H3,(H2,29,30,31,32). The summed E-state index contributed by atoms with van der Waals surface area (Å²) in [6, 6.07) is 9.70. The van der Waals surface area contributed by atoms with Crippen LogP contribution in [0.25, 0.3) is 5.65 Å². The maximum atomic E-state index is 10.1. The maximum Gasteiger partial charge on any atom is 0.229 e. The summed E-state index contributed by atoms with van der Waals surface area (Å²) >= 11 is 6.40. The molecule has 5 heterocycles. The number of anilines is 4. The lowest BCUT2D eigenvalue weighted by Gasteiger charge is -2.33. The van der Waals surface area contributed by atoms with E-state index < -0.39 is 5.60 Å². The normalized spacial score (nSPS) is 14.5. The molecule has 0 unspecified atom stereocenters. The summed E-state index contributed by atoms with van der Waals surface area (Å²) in [7, 11) is 0. The van der Waals surface area contributed by atoms with Crippen molar-refractivity contribution in [3.05, 3.63) is 59.3 Å². The molecule has 5 rings (SSSR count). The molecule has 12 heteroatoms. The Hall–Kier alpha value is -4.01. The van der Waals surface area contributed by atoms with Crippen molar-refractivity contribution in [1.29, 1.82) is 5.26 Å². The van der Waals surface area contributed by atoms with Crippen molar-refractivity contribution >= 4 is 40.5 Å². The van der Waals surface area contributed by atoms with Crippen LogP contribution in [0.3, 0.4) is 0 Å². The Labute approximate surface area is 219 Å². The van der Waals surface area contributed by atoms with E-state index in [1.54, 1.807) is 32.3 Å². The number of nitrogens with one attached hydrogen (secondary N) is 2. The molecular weight excluding hydrogens is 492 g/mol. The zero-order valence-corrected chi connectivity index (χ0v) is 21.3. The molecule has 0 amide bonds. The van der Waals surface area contributed by atoms with Crippen LogP contribution >= 0.6 is 11.6 Å². The van der Waals surface area contributed by atoms with Gasteiger partial charge in [-0.15, -0.1) is 10.2 Å². The summed E-state index contributed by atoms with van der Waals surface area (Å²) in [6.07, 6.45) is 7.20. The molecule has 37 heavy (non-hydrogen) atoms. The van der Waals surface area contributed by atoms with Gasteiger partial charge in [-0.25, -0.2) is 9.97 Å². The highest BCUT2D eigenvalue weighted by Crippen LogP contribution is 2.26. The summed E-state index contributed by atoms with van der Waals surface area (Å²) in [4.78, 5) is 15.5. The van der Waals surface area contributed by atoms with Crippen LogP contribution in [0.2, 0.25) is 5.02 Å². The smallest absolute Gasteiger partial charge is 0.229 e. The van der Waals surface area contributed by atoms with Crippen LogP contribution in [-0.4, -0.2) is 59.4 Å². The second kappa shape index (κ2) is 10.2. The molecule has 0 atom stereocenters. The number of hydrogen-bond acceptors (Lipinski definition) is 10. The number of nitriles is 1. The van der Waals surface area contributed by atoms with Gasteiger partial charge < -0.3 is 20.6 Å². The molecule has 0 saturated carbocycles. The first-order chi connectivity index (χ1) is 17.8. The second-order valence-corrected chi connectivity index (χ2v) is 10.1. The molecule has 1 fully saturated rings. The second-order valence-electron chi connectivity index (χ2n) is 9.69. The van der Waals surface area contributed by atoms with Gasteiger partial charge in [0, 0.05) is 49.7 Å². The Bertz CT molecular complexity index is 1430. The highest BCUT2D eigenvalue weighted by molar-refractivity contribution is 6.32. The number of fused-ring (bicyclic) bond motifs is 1. The van der Waals surface area contributed by atoms with Crippen molar-refractivity contribution in [3.63, 3.8) is 0 Å². The first-order valence-corrected chi connectivity index (χ1v) is 12.4. The third-order valence-electron chi connectivity index (χ3n) is 6.11. The molecule has 0 radical (unpaired) electrons. The molecular formula is C25H27ClN10O. The van der Waals surface area contributed by atoms with Crippen molar-refractivity contribution in [2.24, 2.45) is 0 Å². The van der Waals surface area contributed by atoms with Gasteiger partial charge in [-0.2, -0.15) is 10.2 Å². The van der Waals surface area contributed by atoms with Crippen LogP contribution in [0.15, 0.2) is 42.9 Å². The number of aromatic nitrogens is 6. The van der Waals surface area contributed by atoms with Crippen molar-refractivity contribution in [2.75, 3.05) is 28.6 Å². The van der Waals surface area contributed by atoms with Gasteiger partial charge in [0.1, 0.15) is 22.7 Å². The molecule has 0 aliphatic carbocycles. The molecule has 4 aromatic rings. The Balaban J connectivity index is 1.23. The molecule has 0 spiro atoms. The third kappa shape index (κ3) is 5.87. The first kappa shape index (κ1) is 24.7. The van der Waals surface area contributed by atoms with Crippen molar-refractivity contribution in [2.45, 2.75) is 44.8 Å². The minimum absolute atomic E-state index is 0.205. The quantitative estimate of drug-likeness (QED) is 0.332. The largest absolute Gasteiger partial charge is 0.390 e. The zero-order chi connectivity index (χ0) is 26.0. The highest BCUT2D eigenvalue weighted by atomic mass is 35.5. The van der Waals surface area contributed by atoms with Crippen LogP contribution in [0, 0.1) is 11.3 Å². The summed E-state index contributed by atoms with van der Waals surface area (Å²) in [5, 5.41) is 34.6. The van der Waals surface area contributed by atoms with E-state index in [4.69, 9.17) is 16.9 Å². The topological polar surface area (TPSA) is 140 Å². The molecule has 3 N–H and O–H groups in total. The van der Waals surface area contributed by atoms with Gasteiger partial charge in [0.2, 0.25) is 5.95 Å². The fourth-order valence-corrected chi connectivity index (χ4v) is 4.41. The van der Waals surface area contributed by atoms with Gasteiger partial charge in [0.15, 0.2) is 11.5 Å². The number of piperidine rings is 1. The van der Waals surface area contributed by atoms with Gasteiger partial charge in [0.25, 0.3) is 0 Å². The number of hydrogen-bond donors (Lipinski definition) is 3. The molecule has 0 bridgehead atoms. The Morgan fingerprint density at radius 3 is 2.68 bits per heavy atom. The van der Waals surface area contributed by atoms with Gasteiger partial charge in [-0.3, -0.25) is 4.40 Å². The first-order valence-electron chi connectivity index (χ1n) is 12.0. The predicted octanol–water partition coefficient (Wildman–Crippen LogP) is 3.58. The average molecular weight is 519 g/mol. The van der Waals surface area contributed by atoms with Gasteiger partial charge >= 0.3 is 0 Å². The SMILES string of the molecule is CC(C)(O)Cc1nnc2cc(Nc3ncc(Cl)c(NC4CCN(c5ccc(C#N)cn5)CC4)n3)ccn12. The fourth-order valence-electron chi connectivity index (χ4n) is 4.27. The van der Waals surface area contributed by atoms with Crippen molar-refractivity contribution < 1.29 is 5.11 Å². The van der Waals surface area contributed by atoms with Gasteiger partial charge in [-0.1, -0.05) is 11.6 Å². The molecule has 11 nitrogen and oxygen atoms in total. The Morgan fingerprint density at radius 2 is 1.97 bits per heavy atom. The number of pyridine rings is 2. The highest BCUT2D eigenvalue weighted by Gasteiger charge is 2.22. The van der Waals surface area contributed by atoms with Crippen LogP contribution in [-0.2, 0) is 6.42 Å². The molecule has 1 aliphatic heterocycles. The van der Waals surface area contributed by atoms with E-state index in [0.29, 0.717) is 40.2 Å². The van der Waals surface area contributed by atoms with Crippen LogP contribution < -0.4 is 15.5 Å². The van der Waals surface area contributed by atoms with E-state index in [1.807, 2.05) is 28.8 Å². The lowest BCUT2D eigenvalue weighted by molar-refractivity contribution is 0.0785. The molecule has 190 valence electrons. The summed E-state index contributed by atoms with van der Waals surface area (Å²) < 4.78 is 1.85. The summed E-state index contributed by atoms with van der Waals surface area (Å²) in [6.45, 7) is 5.14. The third-order valence-corrected chi connectivity index (χ3v) is 6.38. The lowest BCUT2D eigenvalue weighted by atomic mass is 10.0. The van der Waals surface area contributed by atoms with E-state index in [9.17, 15) is 5.11 Å².